The van der Waals surface area contributed by atoms with Crippen molar-refractivity contribution >= 4 is 7.82 Å². The van der Waals surface area contributed by atoms with Gasteiger partial charge in [-0.1, -0.05) is 53.1 Å². The Hall–Kier alpha value is -2.79. The first kappa shape index (κ1) is 23.5. The minimum Gasteiger partial charge on any atom is -0.394 e. The molecule has 0 saturated heterocycles. The Kier molecular flexibility index (Phi) is 8.93. The predicted octanol–water partition coefficient (Wildman–Crippen LogP) is 5.23. The second-order valence-corrected chi connectivity index (χ2v) is 8.05. The lowest BCUT2D eigenvalue weighted by atomic mass is 10.2. The number of rotatable bonds is 7. The SMILES string of the molecule is Cc1ccc(OP(=O)(Oc2ccc(C)cc2)Oc2ccc(C)cc2)cc1.OCCO. The van der Waals surface area contributed by atoms with Crippen LogP contribution < -0.4 is 13.6 Å². The summed E-state index contributed by atoms with van der Waals surface area (Å²) in [6, 6.07) is 21.6. The van der Waals surface area contributed by atoms with Crippen molar-refractivity contribution in [2.45, 2.75) is 20.8 Å². The number of benzene rings is 3. The highest BCUT2D eigenvalue weighted by Crippen LogP contribution is 2.49. The highest BCUT2D eigenvalue weighted by atomic mass is 31.2. The molecule has 0 radical (unpaired) electrons. The molecule has 30 heavy (non-hydrogen) atoms. The van der Waals surface area contributed by atoms with Crippen LogP contribution in [0, 0.1) is 20.8 Å². The zero-order chi connectivity index (χ0) is 22.0. The number of aryl methyl sites for hydroxylation is 3. The Morgan fingerprint density at radius 2 is 0.800 bits per heavy atom. The van der Waals surface area contributed by atoms with Crippen molar-refractivity contribution in [1.29, 1.82) is 0 Å². The molecule has 0 aliphatic rings. The molecule has 0 bridgehead atoms. The van der Waals surface area contributed by atoms with E-state index in [2.05, 4.69) is 0 Å². The van der Waals surface area contributed by atoms with Crippen LogP contribution in [0.4, 0.5) is 0 Å². The van der Waals surface area contributed by atoms with Crippen LogP contribution in [-0.2, 0) is 4.57 Å². The summed E-state index contributed by atoms with van der Waals surface area (Å²) in [5, 5.41) is 15.2. The highest BCUT2D eigenvalue weighted by molar-refractivity contribution is 7.49. The number of hydrogen-bond donors (Lipinski definition) is 2. The van der Waals surface area contributed by atoms with Crippen molar-refractivity contribution in [3.8, 4) is 17.2 Å². The molecule has 2 N–H and O–H groups in total. The van der Waals surface area contributed by atoms with E-state index >= 15 is 0 Å². The molecule has 0 aliphatic heterocycles. The fourth-order valence-electron chi connectivity index (χ4n) is 2.24. The van der Waals surface area contributed by atoms with Crippen LogP contribution in [0.1, 0.15) is 16.7 Å². The van der Waals surface area contributed by atoms with Gasteiger partial charge in [0.25, 0.3) is 0 Å². The monoisotopic (exact) mass is 430 g/mol. The Labute approximate surface area is 177 Å². The van der Waals surface area contributed by atoms with E-state index in [9.17, 15) is 4.57 Å². The van der Waals surface area contributed by atoms with Gasteiger partial charge < -0.3 is 23.8 Å². The van der Waals surface area contributed by atoms with Gasteiger partial charge in [0.2, 0.25) is 0 Å². The molecule has 3 aromatic rings. The Bertz CT molecular complexity index is 812. The largest absolute Gasteiger partial charge is 0.647 e. The van der Waals surface area contributed by atoms with Crippen LogP contribution in [0.15, 0.2) is 72.8 Å². The van der Waals surface area contributed by atoms with Gasteiger partial charge in [-0.05, 0) is 57.2 Å². The minimum atomic E-state index is -3.93. The van der Waals surface area contributed by atoms with Crippen molar-refractivity contribution in [2.24, 2.45) is 0 Å². The molecular weight excluding hydrogens is 403 g/mol. The normalized spacial score (nSPS) is 10.6. The quantitative estimate of drug-likeness (QED) is 0.500. The molecule has 0 unspecified atom stereocenters. The van der Waals surface area contributed by atoms with Gasteiger partial charge in [0.1, 0.15) is 17.2 Å². The first-order chi connectivity index (χ1) is 14.3. The standard InChI is InChI=1S/C21H21O4P.C2H6O2/c1-16-4-10-19(11-5-16)23-26(22,24-20-12-6-17(2)7-13-20)25-21-14-8-18(3)9-15-21;3-1-2-4/h4-15H,1-3H3;3-4H,1-2H2. The molecular formula is C23H27O6P. The third-order valence-corrected chi connectivity index (χ3v) is 5.12. The number of phosphoric ester groups is 1. The van der Waals surface area contributed by atoms with Crippen LogP contribution in [0.3, 0.4) is 0 Å². The van der Waals surface area contributed by atoms with Gasteiger partial charge in [-0.3, -0.25) is 0 Å². The molecule has 0 amide bonds. The van der Waals surface area contributed by atoms with Gasteiger partial charge in [0.05, 0.1) is 13.2 Å². The second-order valence-electron chi connectivity index (χ2n) is 6.61. The zero-order valence-corrected chi connectivity index (χ0v) is 18.2. The summed E-state index contributed by atoms with van der Waals surface area (Å²) < 4.78 is 30.2. The molecule has 3 rings (SSSR count). The lowest BCUT2D eigenvalue weighted by Crippen LogP contribution is -2.07. The van der Waals surface area contributed by atoms with E-state index in [1.54, 1.807) is 36.4 Å². The van der Waals surface area contributed by atoms with E-state index in [0.717, 1.165) is 16.7 Å². The second kappa shape index (κ2) is 11.4. The van der Waals surface area contributed by atoms with Crippen molar-refractivity contribution < 1.29 is 28.3 Å². The Morgan fingerprint density at radius 1 is 0.567 bits per heavy atom. The molecule has 160 valence electrons. The van der Waals surface area contributed by atoms with E-state index in [1.165, 1.54) is 0 Å². The average Bonchev–Trinajstić information content (AvgIpc) is 2.73. The number of hydrogen-bond acceptors (Lipinski definition) is 6. The highest BCUT2D eigenvalue weighted by Gasteiger charge is 2.33. The lowest BCUT2D eigenvalue weighted by Gasteiger charge is -2.19. The van der Waals surface area contributed by atoms with Crippen LogP contribution >= 0.6 is 7.82 Å². The zero-order valence-electron chi connectivity index (χ0n) is 17.3. The summed E-state index contributed by atoms with van der Waals surface area (Å²) in [4.78, 5) is 0. The van der Waals surface area contributed by atoms with Crippen molar-refractivity contribution in [2.75, 3.05) is 13.2 Å². The predicted molar refractivity (Wildman–Crippen MR) is 117 cm³/mol. The summed E-state index contributed by atoms with van der Waals surface area (Å²) in [6.07, 6.45) is 0. The van der Waals surface area contributed by atoms with Crippen molar-refractivity contribution in [3.63, 3.8) is 0 Å². The molecule has 0 heterocycles. The van der Waals surface area contributed by atoms with Crippen molar-refractivity contribution in [1.82, 2.24) is 0 Å². The fourth-order valence-corrected chi connectivity index (χ4v) is 3.49. The number of aliphatic hydroxyl groups excluding tert-OH is 2. The van der Waals surface area contributed by atoms with Crippen LogP contribution in [0.25, 0.3) is 0 Å². The van der Waals surface area contributed by atoms with Crippen LogP contribution in [0.5, 0.6) is 17.2 Å². The van der Waals surface area contributed by atoms with Gasteiger partial charge in [0.15, 0.2) is 0 Å². The molecule has 3 aromatic carbocycles. The maximum absolute atomic E-state index is 13.3. The smallest absolute Gasteiger partial charge is 0.394 e. The maximum Gasteiger partial charge on any atom is 0.647 e. The molecule has 0 fully saturated rings. The molecule has 0 aliphatic carbocycles. The van der Waals surface area contributed by atoms with E-state index in [1.807, 2.05) is 57.2 Å². The van der Waals surface area contributed by atoms with Gasteiger partial charge >= 0.3 is 7.82 Å². The number of phosphoric acid groups is 1. The first-order valence-corrected chi connectivity index (χ1v) is 10.9. The van der Waals surface area contributed by atoms with E-state index in [0.29, 0.717) is 17.2 Å². The van der Waals surface area contributed by atoms with Crippen molar-refractivity contribution in [3.05, 3.63) is 89.5 Å². The molecule has 0 atom stereocenters. The van der Waals surface area contributed by atoms with Gasteiger partial charge in [-0.15, -0.1) is 0 Å². The van der Waals surface area contributed by atoms with Gasteiger partial charge in [-0.25, -0.2) is 0 Å². The minimum absolute atomic E-state index is 0.125. The van der Waals surface area contributed by atoms with E-state index < -0.39 is 7.82 Å². The first-order valence-electron chi connectivity index (χ1n) is 9.44. The summed E-state index contributed by atoms with van der Waals surface area (Å²) in [7, 11) is -3.93. The third kappa shape index (κ3) is 7.91. The van der Waals surface area contributed by atoms with Crippen LogP contribution in [0.2, 0.25) is 0 Å². The summed E-state index contributed by atoms with van der Waals surface area (Å²) in [5.41, 5.74) is 3.23. The van der Waals surface area contributed by atoms with Gasteiger partial charge in [-0.2, -0.15) is 4.57 Å². The number of aliphatic hydroxyl groups is 2. The summed E-state index contributed by atoms with van der Waals surface area (Å²) in [5.74, 6) is 1.24. The molecule has 7 heteroatoms. The fraction of sp³-hybridized carbons (Fsp3) is 0.217. The van der Waals surface area contributed by atoms with Crippen LogP contribution in [-0.4, -0.2) is 23.4 Å². The molecule has 0 spiro atoms. The lowest BCUT2D eigenvalue weighted by molar-refractivity contribution is 0.186. The maximum atomic E-state index is 13.3. The average molecular weight is 430 g/mol. The Balaban J connectivity index is 0.000000735. The van der Waals surface area contributed by atoms with E-state index in [4.69, 9.17) is 23.8 Å². The molecule has 0 saturated carbocycles. The Morgan fingerprint density at radius 3 is 1.00 bits per heavy atom. The summed E-state index contributed by atoms with van der Waals surface area (Å²) in [6.45, 7) is 5.65. The molecule has 6 nitrogen and oxygen atoms in total. The summed E-state index contributed by atoms with van der Waals surface area (Å²) >= 11 is 0. The van der Waals surface area contributed by atoms with E-state index in [-0.39, 0.29) is 13.2 Å². The van der Waals surface area contributed by atoms with Gasteiger partial charge in [0, 0.05) is 0 Å². The third-order valence-electron chi connectivity index (χ3n) is 3.81. The molecule has 0 aromatic heterocycles. The topological polar surface area (TPSA) is 85.2 Å².